The highest BCUT2D eigenvalue weighted by Crippen LogP contribution is 2.21. The van der Waals surface area contributed by atoms with Crippen LogP contribution in [0.25, 0.3) is 0 Å². The lowest BCUT2D eigenvalue weighted by molar-refractivity contribution is -0.928. The van der Waals surface area contributed by atoms with Gasteiger partial charge in [-0.15, -0.1) is 0 Å². The Hall–Kier alpha value is -1.80. The van der Waals surface area contributed by atoms with Gasteiger partial charge in [-0.25, -0.2) is 0 Å². The molecule has 1 N–H and O–H groups in total. The van der Waals surface area contributed by atoms with Crippen LogP contribution in [0.15, 0.2) is 54.6 Å². The van der Waals surface area contributed by atoms with Crippen LogP contribution in [-0.2, 0) is 6.42 Å². The number of likely N-dealkylation sites (tertiary alicyclic amines) is 1. The monoisotopic (exact) mass is 310 g/mol. The lowest BCUT2D eigenvalue weighted by Gasteiger charge is -2.29. The smallest absolute Gasteiger partial charge is 0.140 e. The van der Waals surface area contributed by atoms with Gasteiger partial charge in [-0.05, 0) is 43.4 Å². The van der Waals surface area contributed by atoms with Crippen LogP contribution < -0.4 is 9.64 Å². The normalized spacial score (nSPS) is 16.9. The fourth-order valence-electron chi connectivity index (χ4n) is 3.44. The second kappa shape index (κ2) is 8.16. The minimum atomic E-state index is 0.570. The van der Waals surface area contributed by atoms with E-state index in [-0.39, 0.29) is 0 Å². The van der Waals surface area contributed by atoms with E-state index in [9.17, 15) is 0 Å². The number of ether oxygens (including phenoxy) is 1. The molecule has 2 nitrogen and oxygen atoms in total. The van der Waals surface area contributed by atoms with Crippen LogP contribution in [-0.4, -0.2) is 25.7 Å². The van der Waals surface area contributed by atoms with Crippen molar-refractivity contribution in [2.75, 3.05) is 19.7 Å². The molecular formula is C21H28NO+. The highest BCUT2D eigenvalue weighted by Gasteiger charge is 2.21. The summed E-state index contributed by atoms with van der Waals surface area (Å²) in [4.78, 5) is 1.71. The van der Waals surface area contributed by atoms with E-state index in [1.54, 1.807) is 4.90 Å². The Kier molecular flexibility index (Phi) is 5.71. The minimum Gasteiger partial charge on any atom is -0.487 e. The molecule has 1 aliphatic heterocycles. The van der Waals surface area contributed by atoms with Crippen LogP contribution in [0.2, 0.25) is 0 Å². The van der Waals surface area contributed by atoms with Crippen molar-refractivity contribution in [1.82, 2.24) is 0 Å². The third kappa shape index (κ3) is 4.59. The molecule has 0 radical (unpaired) electrons. The lowest BCUT2D eigenvalue weighted by atomic mass is 10.0. The molecule has 0 spiro atoms. The molecule has 1 fully saturated rings. The Labute approximate surface area is 140 Å². The van der Waals surface area contributed by atoms with Gasteiger partial charge in [0.25, 0.3) is 0 Å². The molecule has 2 aromatic carbocycles. The summed E-state index contributed by atoms with van der Waals surface area (Å²) in [5.74, 6) is 1.04. The van der Waals surface area contributed by atoms with Gasteiger partial charge in [0.15, 0.2) is 0 Å². The van der Waals surface area contributed by atoms with E-state index >= 15 is 0 Å². The van der Waals surface area contributed by atoms with Gasteiger partial charge in [-0.2, -0.15) is 0 Å². The first-order valence-corrected chi connectivity index (χ1v) is 8.92. The third-order valence-corrected chi connectivity index (χ3v) is 4.89. The van der Waals surface area contributed by atoms with Crippen LogP contribution in [0.1, 0.15) is 37.3 Å². The third-order valence-electron chi connectivity index (χ3n) is 4.89. The molecule has 2 aromatic rings. The van der Waals surface area contributed by atoms with Crippen LogP contribution >= 0.6 is 0 Å². The molecule has 23 heavy (non-hydrogen) atoms. The van der Waals surface area contributed by atoms with Crippen LogP contribution in [0.3, 0.4) is 0 Å². The molecule has 1 aliphatic rings. The minimum absolute atomic E-state index is 0.570. The quantitative estimate of drug-likeness (QED) is 0.865. The summed E-state index contributed by atoms with van der Waals surface area (Å²) in [6.45, 7) is 5.73. The Morgan fingerprint density at radius 3 is 2.39 bits per heavy atom. The largest absolute Gasteiger partial charge is 0.487 e. The molecule has 0 amide bonds. The van der Waals surface area contributed by atoms with Gasteiger partial charge >= 0.3 is 0 Å². The number of para-hydroxylation sites is 1. The maximum Gasteiger partial charge on any atom is 0.140 e. The molecule has 1 heterocycles. The Bertz CT molecular complexity index is 590. The van der Waals surface area contributed by atoms with Crippen LogP contribution in [0.5, 0.6) is 5.75 Å². The van der Waals surface area contributed by atoms with Crippen molar-refractivity contribution in [2.45, 2.75) is 38.6 Å². The molecule has 0 unspecified atom stereocenters. The zero-order chi connectivity index (χ0) is 15.9. The Balaban J connectivity index is 1.61. The van der Waals surface area contributed by atoms with Crippen molar-refractivity contribution in [3.05, 3.63) is 65.7 Å². The topological polar surface area (TPSA) is 13.7 Å². The molecule has 3 rings (SSSR count). The molecule has 2 heteroatoms. The summed E-state index contributed by atoms with van der Waals surface area (Å²) >= 11 is 0. The van der Waals surface area contributed by atoms with Crippen molar-refractivity contribution < 1.29 is 9.64 Å². The van der Waals surface area contributed by atoms with Crippen molar-refractivity contribution in [2.24, 2.45) is 0 Å². The fraction of sp³-hybridized carbons (Fsp3) is 0.429. The standard InChI is InChI=1S/C21H27NO/c1-18(22-14-8-3-9-15-22)17-23-21-13-7-6-12-20(21)16-19-10-4-2-5-11-19/h2,4-7,10-13,18H,3,8-9,14-17H2,1H3/p+1/t18-/m1/s1. The molecule has 1 atom stereocenters. The van der Waals surface area contributed by atoms with E-state index in [2.05, 4.69) is 61.5 Å². The van der Waals surface area contributed by atoms with Gasteiger partial charge in [0, 0.05) is 6.42 Å². The molecule has 0 bridgehead atoms. The van der Waals surface area contributed by atoms with Crippen molar-refractivity contribution >= 4 is 0 Å². The summed E-state index contributed by atoms with van der Waals surface area (Å²) in [7, 11) is 0. The maximum absolute atomic E-state index is 6.20. The summed E-state index contributed by atoms with van der Waals surface area (Å²) in [5.41, 5.74) is 2.61. The van der Waals surface area contributed by atoms with Crippen LogP contribution in [0, 0.1) is 0 Å². The molecule has 0 saturated carbocycles. The number of hydrogen-bond donors (Lipinski definition) is 1. The predicted octanol–water partition coefficient (Wildman–Crippen LogP) is 3.11. The SMILES string of the molecule is C[C@H](COc1ccccc1Cc1ccccc1)[NH+]1CCCCC1. The zero-order valence-electron chi connectivity index (χ0n) is 14.1. The van der Waals surface area contributed by atoms with Gasteiger partial charge in [-0.3, -0.25) is 0 Å². The van der Waals surface area contributed by atoms with Crippen molar-refractivity contribution in [1.29, 1.82) is 0 Å². The molecule has 0 aromatic heterocycles. The van der Waals surface area contributed by atoms with Gasteiger partial charge in [-0.1, -0.05) is 48.5 Å². The first kappa shape index (κ1) is 16.1. The van der Waals surface area contributed by atoms with E-state index in [4.69, 9.17) is 4.74 Å². The van der Waals surface area contributed by atoms with E-state index in [1.807, 2.05) is 0 Å². The fourth-order valence-corrected chi connectivity index (χ4v) is 3.44. The summed E-state index contributed by atoms with van der Waals surface area (Å²) in [5, 5.41) is 0. The first-order valence-electron chi connectivity index (χ1n) is 8.92. The van der Waals surface area contributed by atoms with Gasteiger partial charge in [0.05, 0.1) is 13.1 Å². The number of hydrogen-bond acceptors (Lipinski definition) is 1. The average Bonchev–Trinajstić information content (AvgIpc) is 2.62. The Morgan fingerprint density at radius 2 is 1.61 bits per heavy atom. The summed E-state index contributed by atoms with van der Waals surface area (Å²) in [6.07, 6.45) is 5.06. The first-order chi connectivity index (χ1) is 11.3. The van der Waals surface area contributed by atoms with Crippen LogP contribution in [0.4, 0.5) is 0 Å². The van der Waals surface area contributed by atoms with Gasteiger partial charge in [0.1, 0.15) is 18.4 Å². The Morgan fingerprint density at radius 1 is 0.913 bits per heavy atom. The number of nitrogens with one attached hydrogen (secondary N) is 1. The number of rotatable bonds is 6. The lowest BCUT2D eigenvalue weighted by Crippen LogP contribution is -3.16. The highest BCUT2D eigenvalue weighted by atomic mass is 16.5. The average molecular weight is 310 g/mol. The molecule has 1 saturated heterocycles. The van der Waals surface area contributed by atoms with Crippen molar-refractivity contribution in [3.63, 3.8) is 0 Å². The summed E-state index contributed by atoms with van der Waals surface area (Å²) in [6, 6.07) is 19.6. The molecule has 122 valence electrons. The number of quaternary nitrogens is 1. The van der Waals surface area contributed by atoms with Crippen molar-refractivity contribution in [3.8, 4) is 5.75 Å². The second-order valence-corrected chi connectivity index (χ2v) is 6.70. The highest BCUT2D eigenvalue weighted by molar-refractivity contribution is 5.37. The molecule has 0 aliphatic carbocycles. The van der Waals surface area contributed by atoms with E-state index in [1.165, 1.54) is 43.5 Å². The van der Waals surface area contributed by atoms with Gasteiger partial charge in [0.2, 0.25) is 0 Å². The maximum atomic E-state index is 6.20. The van der Waals surface area contributed by atoms with E-state index in [0.29, 0.717) is 6.04 Å². The van der Waals surface area contributed by atoms with Gasteiger partial charge < -0.3 is 9.64 Å². The zero-order valence-corrected chi connectivity index (χ0v) is 14.1. The predicted molar refractivity (Wildman–Crippen MR) is 95.2 cm³/mol. The van der Waals surface area contributed by atoms with E-state index in [0.717, 1.165) is 18.8 Å². The number of piperidine rings is 1. The number of benzene rings is 2. The summed E-state index contributed by atoms with van der Waals surface area (Å²) < 4.78 is 6.20. The van der Waals surface area contributed by atoms with E-state index < -0.39 is 0 Å². The molecular weight excluding hydrogens is 282 g/mol. The second-order valence-electron chi connectivity index (χ2n) is 6.70.